The van der Waals surface area contributed by atoms with Crippen molar-refractivity contribution in [2.45, 2.75) is 13.3 Å². The van der Waals surface area contributed by atoms with Crippen LogP contribution in [0.15, 0.2) is 29.6 Å². The van der Waals surface area contributed by atoms with E-state index in [9.17, 15) is 4.79 Å². The number of hydrogen-bond acceptors (Lipinski definition) is 4. The molecule has 18 heavy (non-hydrogen) atoms. The number of anilines is 1. The zero-order valence-corrected chi connectivity index (χ0v) is 10.8. The predicted molar refractivity (Wildman–Crippen MR) is 72.4 cm³/mol. The molecule has 5 heteroatoms. The maximum Gasteiger partial charge on any atom is 0.337 e. The molecule has 2 N–H and O–H groups in total. The maximum absolute atomic E-state index is 11.0. The summed E-state index contributed by atoms with van der Waals surface area (Å²) in [6.07, 6.45) is 0.798. The van der Waals surface area contributed by atoms with Gasteiger partial charge < -0.3 is 10.4 Å². The summed E-state index contributed by atoms with van der Waals surface area (Å²) in [4.78, 5) is 15.4. The molecule has 0 saturated heterocycles. The number of carboxylic acids is 1. The monoisotopic (exact) mass is 262 g/mol. The number of aryl methyl sites for hydroxylation is 1. The molecule has 1 heterocycles. The van der Waals surface area contributed by atoms with Crippen molar-refractivity contribution in [3.8, 4) is 0 Å². The Morgan fingerprint density at radius 1 is 1.44 bits per heavy atom. The first-order valence-electron chi connectivity index (χ1n) is 5.64. The fraction of sp³-hybridized carbons (Fsp3) is 0.231. The first-order valence-corrected chi connectivity index (χ1v) is 6.52. The van der Waals surface area contributed by atoms with Crippen LogP contribution in [0.2, 0.25) is 0 Å². The Morgan fingerprint density at radius 2 is 2.22 bits per heavy atom. The highest BCUT2D eigenvalue weighted by Gasteiger charge is 2.08. The number of carbonyl (C=O) groups is 1. The van der Waals surface area contributed by atoms with E-state index in [1.165, 1.54) is 0 Å². The van der Waals surface area contributed by atoms with Crippen molar-refractivity contribution in [2.24, 2.45) is 0 Å². The molecule has 0 radical (unpaired) electrons. The quantitative estimate of drug-likeness (QED) is 0.869. The van der Waals surface area contributed by atoms with E-state index in [2.05, 4.69) is 10.3 Å². The molecule has 2 aromatic rings. The van der Waals surface area contributed by atoms with E-state index in [-0.39, 0.29) is 0 Å². The lowest BCUT2D eigenvalue weighted by Crippen LogP contribution is -2.09. The average molecular weight is 262 g/mol. The molecule has 0 fully saturated rings. The maximum atomic E-state index is 11.0. The molecule has 4 nitrogen and oxygen atoms in total. The molecule has 0 aliphatic heterocycles. The van der Waals surface area contributed by atoms with Crippen LogP contribution in [-0.2, 0) is 6.42 Å². The largest absolute Gasteiger partial charge is 0.478 e. The van der Waals surface area contributed by atoms with Gasteiger partial charge in [-0.1, -0.05) is 12.1 Å². The van der Waals surface area contributed by atoms with Crippen LogP contribution in [0.5, 0.6) is 0 Å². The first kappa shape index (κ1) is 12.6. The Hall–Kier alpha value is -1.88. The number of nitrogens with zero attached hydrogens (tertiary/aromatic N) is 1. The minimum Gasteiger partial charge on any atom is -0.478 e. The lowest BCUT2D eigenvalue weighted by Gasteiger charge is -2.08. The zero-order chi connectivity index (χ0) is 13.0. The Bertz CT molecular complexity index is 551. The summed E-state index contributed by atoms with van der Waals surface area (Å²) in [5, 5.41) is 15.3. The summed E-state index contributed by atoms with van der Waals surface area (Å²) in [6, 6.07) is 6.91. The SMILES string of the molecule is Cc1csc(CCNc2ccccc2C(=O)O)n1. The first-order chi connectivity index (χ1) is 8.66. The Kier molecular flexibility index (Phi) is 3.94. The molecule has 2 rings (SSSR count). The predicted octanol–water partition coefficient (Wildman–Crippen LogP) is 2.80. The van der Waals surface area contributed by atoms with E-state index >= 15 is 0 Å². The van der Waals surface area contributed by atoms with Gasteiger partial charge in [0, 0.05) is 29.7 Å². The van der Waals surface area contributed by atoms with Crippen LogP contribution in [0.4, 0.5) is 5.69 Å². The minimum atomic E-state index is -0.914. The summed E-state index contributed by atoms with van der Waals surface area (Å²) in [5.74, 6) is -0.914. The van der Waals surface area contributed by atoms with Gasteiger partial charge in [0.2, 0.25) is 0 Å². The highest BCUT2D eigenvalue weighted by Crippen LogP contribution is 2.15. The second-order valence-corrected chi connectivity index (χ2v) is 4.85. The molecule has 0 aliphatic rings. The van der Waals surface area contributed by atoms with E-state index in [4.69, 9.17) is 5.11 Å². The molecule has 0 aliphatic carbocycles. The van der Waals surface area contributed by atoms with Crippen molar-refractivity contribution >= 4 is 23.0 Å². The highest BCUT2D eigenvalue weighted by molar-refractivity contribution is 7.09. The van der Waals surface area contributed by atoms with Crippen molar-refractivity contribution in [2.75, 3.05) is 11.9 Å². The summed E-state index contributed by atoms with van der Waals surface area (Å²) >= 11 is 1.63. The van der Waals surface area contributed by atoms with E-state index in [1.807, 2.05) is 18.4 Å². The van der Waals surface area contributed by atoms with E-state index < -0.39 is 5.97 Å². The number of carboxylic acid groups (broad SMARTS) is 1. The molecule has 0 saturated carbocycles. The fourth-order valence-corrected chi connectivity index (χ4v) is 2.42. The van der Waals surface area contributed by atoms with Gasteiger partial charge in [-0.2, -0.15) is 0 Å². The summed E-state index contributed by atoms with van der Waals surface area (Å²) in [5.41, 5.74) is 1.98. The fourth-order valence-electron chi connectivity index (χ4n) is 1.65. The number of hydrogen-bond donors (Lipinski definition) is 2. The van der Waals surface area contributed by atoms with Crippen LogP contribution in [0.1, 0.15) is 21.1 Å². The molecule has 0 atom stereocenters. The van der Waals surface area contributed by atoms with Crippen LogP contribution >= 0.6 is 11.3 Å². The molecule has 0 unspecified atom stereocenters. The van der Waals surface area contributed by atoms with Gasteiger partial charge in [-0.25, -0.2) is 9.78 Å². The van der Waals surface area contributed by atoms with E-state index in [0.29, 0.717) is 17.8 Å². The van der Waals surface area contributed by atoms with Gasteiger partial charge in [-0.05, 0) is 19.1 Å². The number of para-hydroxylation sites is 1. The van der Waals surface area contributed by atoms with Crippen molar-refractivity contribution < 1.29 is 9.90 Å². The number of rotatable bonds is 5. The minimum absolute atomic E-state index is 0.299. The average Bonchev–Trinajstić information content (AvgIpc) is 2.75. The summed E-state index contributed by atoms with van der Waals surface area (Å²) < 4.78 is 0. The topological polar surface area (TPSA) is 62.2 Å². The van der Waals surface area contributed by atoms with Gasteiger partial charge in [0.05, 0.1) is 10.6 Å². The third kappa shape index (κ3) is 3.07. The highest BCUT2D eigenvalue weighted by atomic mass is 32.1. The second kappa shape index (κ2) is 5.64. The van der Waals surface area contributed by atoms with Crippen LogP contribution in [0.25, 0.3) is 0 Å². The molecule has 0 spiro atoms. The Balaban J connectivity index is 1.96. The smallest absolute Gasteiger partial charge is 0.337 e. The molecule has 94 valence electrons. The summed E-state index contributed by atoms with van der Waals surface area (Å²) in [7, 11) is 0. The normalized spacial score (nSPS) is 10.3. The number of aromatic carboxylic acids is 1. The number of aromatic nitrogens is 1. The van der Waals surface area contributed by atoms with E-state index in [0.717, 1.165) is 17.1 Å². The zero-order valence-electron chi connectivity index (χ0n) is 10.0. The number of thiazole rings is 1. The van der Waals surface area contributed by atoms with Gasteiger partial charge in [-0.3, -0.25) is 0 Å². The lowest BCUT2D eigenvalue weighted by molar-refractivity contribution is 0.0698. The molecular formula is C13H14N2O2S. The molecule has 0 bridgehead atoms. The van der Waals surface area contributed by atoms with Gasteiger partial charge in [0.15, 0.2) is 0 Å². The number of benzene rings is 1. The van der Waals surface area contributed by atoms with Crippen LogP contribution < -0.4 is 5.32 Å². The van der Waals surface area contributed by atoms with Gasteiger partial charge in [0.1, 0.15) is 0 Å². The Labute approximate surface area is 109 Å². The van der Waals surface area contributed by atoms with Gasteiger partial charge >= 0.3 is 5.97 Å². The van der Waals surface area contributed by atoms with Crippen LogP contribution in [-0.4, -0.2) is 22.6 Å². The lowest BCUT2D eigenvalue weighted by atomic mass is 10.2. The van der Waals surface area contributed by atoms with Crippen molar-refractivity contribution in [1.29, 1.82) is 0 Å². The molecule has 1 aromatic heterocycles. The second-order valence-electron chi connectivity index (χ2n) is 3.91. The van der Waals surface area contributed by atoms with Crippen LogP contribution in [0, 0.1) is 6.92 Å². The Morgan fingerprint density at radius 3 is 2.89 bits per heavy atom. The standard InChI is InChI=1S/C13H14N2O2S/c1-9-8-18-12(15-9)6-7-14-11-5-3-2-4-10(11)13(16)17/h2-5,8,14H,6-7H2,1H3,(H,16,17). The molecular weight excluding hydrogens is 248 g/mol. The third-order valence-corrected chi connectivity index (χ3v) is 3.50. The van der Waals surface area contributed by atoms with Crippen molar-refractivity contribution in [3.05, 3.63) is 45.9 Å². The van der Waals surface area contributed by atoms with Crippen molar-refractivity contribution in [1.82, 2.24) is 4.98 Å². The molecule has 1 aromatic carbocycles. The van der Waals surface area contributed by atoms with Gasteiger partial charge in [0.25, 0.3) is 0 Å². The third-order valence-electron chi connectivity index (χ3n) is 2.48. The number of nitrogens with one attached hydrogen (secondary N) is 1. The van der Waals surface area contributed by atoms with E-state index in [1.54, 1.807) is 29.5 Å². The van der Waals surface area contributed by atoms with Crippen molar-refractivity contribution in [3.63, 3.8) is 0 Å². The summed E-state index contributed by atoms with van der Waals surface area (Å²) in [6.45, 7) is 2.64. The van der Waals surface area contributed by atoms with Crippen LogP contribution in [0.3, 0.4) is 0 Å². The van der Waals surface area contributed by atoms with Gasteiger partial charge in [-0.15, -0.1) is 11.3 Å². The molecule has 0 amide bonds.